The molecule has 1 aromatic rings. The van der Waals surface area contributed by atoms with Crippen LogP contribution in [0.5, 0.6) is 0 Å². The Bertz CT molecular complexity index is 495. The number of nitrogens with one attached hydrogen (secondary N) is 2. The lowest BCUT2D eigenvalue weighted by Gasteiger charge is -2.25. The van der Waals surface area contributed by atoms with Gasteiger partial charge in [-0.2, -0.15) is 0 Å². The van der Waals surface area contributed by atoms with Gasteiger partial charge in [-0.15, -0.1) is 0 Å². The first-order valence-corrected chi connectivity index (χ1v) is 7.05. The zero-order valence-corrected chi connectivity index (χ0v) is 13.4. The third-order valence-electron chi connectivity index (χ3n) is 2.72. The number of hydrogen-bond donors (Lipinski definition) is 3. The molecule has 0 saturated heterocycles. The standard InChI is InChI=1S/C14H19BrN2O3/c1-9-6-10(15)8-11(7-9)16-13(20)17-14(2,3)5-4-12(18)19/h6-8H,4-5H2,1-3H3,(H,18,19)(H2,16,17,20). The minimum absolute atomic E-state index is 0.0171. The molecule has 0 radical (unpaired) electrons. The number of anilines is 1. The van der Waals surface area contributed by atoms with E-state index in [2.05, 4.69) is 26.6 Å². The maximum atomic E-state index is 11.9. The van der Waals surface area contributed by atoms with E-state index in [0.717, 1.165) is 10.0 Å². The number of aliphatic carboxylic acids is 1. The molecule has 0 aromatic heterocycles. The Morgan fingerprint density at radius 1 is 1.30 bits per heavy atom. The molecule has 0 atom stereocenters. The molecular weight excluding hydrogens is 324 g/mol. The Hall–Kier alpha value is -1.56. The number of carbonyl (C=O) groups is 2. The van der Waals surface area contributed by atoms with Gasteiger partial charge in [0.2, 0.25) is 0 Å². The molecule has 0 bridgehead atoms. The molecule has 1 rings (SSSR count). The number of carbonyl (C=O) groups excluding carboxylic acids is 1. The van der Waals surface area contributed by atoms with Gasteiger partial charge in [0.05, 0.1) is 0 Å². The van der Waals surface area contributed by atoms with E-state index >= 15 is 0 Å². The molecule has 20 heavy (non-hydrogen) atoms. The van der Waals surface area contributed by atoms with Gasteiger partial charge in [0.1, 0.15) is 0 Å². The van der Waals surface area contributed by atoms with Gasteiger partial charge < -0.3 is 15.7 Å². The van der Waals surface area contributed by atoms with Gasteiger partial charge in [-0.3, -0.25) is 4.79 Å². The molecule has 0 aliphatic carbocycles. The normalized spacial score (nSPS) is 11.0. The van der Waals surface area contributed by atoms with Gasteiger partial charge in [0, 0.05) is 22.1 Å². The highest BCUT2D eigenvalue weighted by atomic mass is 79.9. The SMILES string of the molecule is Cc1cc(Br)cc(NC(=O)NC(C)(C)CCC(=O)O)c1. The number of rotatable bonds is 5. The highest BCUT2D eigenvalue weighted by Gasteiger charge is 2.21. The number of carboxylic acid groups (broad SMARTS) is 1. The summed E-state index contributed by atoms with van der Waals surface area (Å²) in [7, 11) is 0. The van der Waals surface area contributed by atoms with E-state index in [9.17, 15) is 9.59 Å². The Kier molecular flexibility index (Phi) is 5.56. The van der Waals surface area contributed by atoms with Crippen LogP contribution in [0.3, 0.4) is 0 Å². The van der Waals surface area contributed by atoms with Crippen LogP contribution in [-0.2, 0) is 4.79 Å². The Balaban J connectivity index is 2.60. The molecule has 0 heterocycles. The summed E-state index contributed by atoms with van der Waals surface area (Å²) in [6.07, 6.45) is 0.385. The zero-order valence-electron chi connectivity index (χ0n) is 11.8. The van der Waals surface area contributed by atoms with Gasteiger partial charge in [-0.05, 0) is 51.0 Å². The zero-order chi connectivity index (χ0) is 15.3. The van der Waals surface area contributed by atoms with Crippen LogP contribution < -0.4 is 10.6 Å². The van der Waals surface area contributed by atoms with Crippen molar-refractivity contribution < 1.29 is 14.7 Å². The summed E-state index contributed by atoms with van der Waals surface area (Å²) in [5.74, 6) is -0.872. The lowest BCUT2D eigenvalue weighted by atomic mass is 9.99. The molecule has 5 nitrogen and oxygen atoms in total. The highest BCUT2D eigenvalue weighted by Crippen LogP contribution is 2.19. The predicted octanol–water partition coefficient (Wildman–Crippen LogP) is 3.52. The maximum absolute atomic E-state index is 11.9. The van der Waals surface area contributed by atoms with E-state index in [4.69, 9.17) is 5.11 Å². The second kappa shape index (κ2) is 6.74. The fourth-order valence-corrected chi connectivity index (χ4v) is 2.37. The first-order valence-electron chi connectivity index (χ1n) is 6.26. The quantitative estimate of drug-likeness (QED) is 0.765. The summed E-state index contributed by atoms with van der Waals surface area (Å²) in [6.45, 7) is 5.52. The summed E-state index contributed by atoms with van der Waals surface area (Å²) in [5, 5.41) is 14.2. The minimum Gasteiger partial charge on any atom is -0.481 e. The minimum atomic E-state index is -0.872. The summed E-state index contributed by atoms with van der Waals surface area (Å²) in [5.41, 5.74) is 1.13. The van der Waals surface area contributed by atoms with Crippen LogP contribution in [0.1, 0.15) is 32.3 Å². The van der Waals surface area contributed by atoms with Crippen molar-refractivity contribution in [3.8, 4) is 0 Å². The number of carboxylic acids is 1. The summed E-state index contributed by atoms with van der Waals surface area (Å²) in [4.78, 5) is 22.5. The molecule has 0 spiro atoms. The predicted molar refractivity (Wildman–Crippen MR) is 82.0 cm³/mol. The van der Waals surface area contributed by atoms with Crippen LogP contribution in [0.25, 0.3) is 0 Å². The fraction of sp³-hybridized carbons (Fsp3) is 0.429. The van der Waals surface area contributed by atoms with Gasteiger partial charge in [-0.25, -0.2) is 4.79 Å². The Labute approximate surface area is 126 Å². The lowest BCUT2D eigenvalue weighted by molar-refractivity contribution is -0.137. The average molecular weight is 343 g/mol. The second-order valence-corrected chi connectivity index (χ2v) is 6.29. The molecule has 6 heteroatoms. The average Bonchev–Trinajstić information content (AvgIpc) is 2.23. The number of aryl methyl sites for hydroxylation is 1. The van der Waals surface area contributed by atoms with Crippen molar-refractivity contribution >= 4 is 33.6 Å². The molecule has 110 valence electrons. The van der Waals surface area contributed by atoms with Gasteiger partial charge >= 0.3 is 12.0 Å². The van der Waals surface area contributed by atoms with E-state index < -0.39 is 11.5 Å². The van der Waals surface area contributed by atoms with Crippen molar-refractivity contribution in [3.05, 3.63) is 28.2 Å². The summed E-state index contributed by atoms with van der Waals surface area (Å²) < 4.78 is 0.887. The van der Waals surface area contributed by atoms with E-state index in [0.29, 0.717) is 12.1 Å². The largest absolute Gasteiger partial charge is 0.481 e. The number of hydrogen-bond acceptors (Lipinski definition) is 2. The van der Waals surface area contributed by atoms with Crippen LogP contribution in [0.2, 0.25) is 0 Å². The van der Waals surface area contributed by atoms with Gasteiger partial charge in [-0.1, -0.05) is 15.9 Å². The molecule has 3 N–H and O–H groups in total. The van der Waals surface area contributed by atoms with Crippen molar-refractivity contribution in [1.82, 2.24) is 5.32 Å². The van der Waals surface area contributed by atoms with Crippen molar-refractivity contribution in [2.75, 3.05) is 5.32 Å². The highest BCUT2D eigenvalue weighted by molar-refractivity contribution is 9.10. The van der Waals surface area contributed by atoms with E-state index in [1.165, 1.54) is 0 Å². The molecule has 0 unspecified atom stereocenters. The van der Waals surface area contributed by atoms with Crippen molar-refractivity contribution in [1.29, 1.82) is 0 Å². The van der Waals surface area contributed by atoms with E-state index in [-0.39, 0.29) is 12.5 Å². The Morgan fingerprint density at radius 3 is 2.50 bits per heavy atom. The van der Waals surface area contributed by atoms with Crippen LogP contribution in [0, 0.1) is 6.92 Å². The third-order valence-corrected chi connectivity index (χ3v) is 3.17. The number of amides is 2. The molecular formula is C14H19BrN2O3. The molecule has 0 aliphatic rings. The van der Waals surface area contributed by atoms with Crippen LogP contribution >= 0.6 is 15.9 Å². The van der Waals surface area contributed by atoms with Crippen molar-refractivity contribution in [2.45, 2.75) is 39.2 Å². The molecule has 2 amide bonds. The number of urea groups is 1. The molecule has 0 fully saturated rings. The molecule has 0 aliphatic heterocycles. The van der Waals surface area contributed by atoms with E-state index in [1.54, 1.807) is 19.9 Å². The third kappa shape index (κ3) is 6.06. The summed E-state index contributed by atoms with van der Waals surface area (Å²) in [6, 6.07) is 5.25. The van der Waals surface area contributed by atoms with Gasteiger partial charge in [0.15, 0.2) is 0 Å². The number of benzene rings is 1. The van der Waals surface area contributed by atoms with Crippen LogP contribution in [0.4, 0.5) is 10.5 Å². The first-order chi connectivity index (χ1) is 9.18. The Morgan fingerprint density at radius 2 is 1.95 bits per heavy atom. The van der Waals surface area contributed by atoms with Crippen LogP contribution in [-0.4, -0.2) is 22.6 Å². The van der Waals surface area contributed by atoms with Crippen molar-refractivity contribution in [2.24, 2.45) is 0 Å². The first kappa shape index (κ1) is 16.5. The second-order valence-electron chi connectivity index (χ2n) is 5.37. The van der Waals surface area contributed by atoms with Gasteiger partial charge in [0.25, 0.3) is 0 Å². The lowest BCUT2D eigenvalue weighted by Crippen LogP contribution is -2.45. The topological polar surface area (TPSA) is 78.4 Å². The molecule has 0 saturated carbocycles. The van der Waals surface area contributed by atoms with E-state index in [1.807, 2.05) is 19.1 Å². The monoisotopic (exact) mass is 342 g/mol. The molecule has 1 aromatic carbocycles. The fourth-order valence-electron chi connectivity index (χ4n) is 1.76. The smallest absolute Gasteiger partial charge is 0.319 e. The summed E-state index contributed by atoms with van der Waals surface area (Å²) >= 11 is 3.37. The van der Waals surface area contributed by atoms with Crippen LogP contribution in [0.15, 0.2) is 22.7 Å². The maximum Gasteiger partial charge on any atom is 0.319 e. The number of halogens is 1. The van der Waals surface area contributed by atoms with Crippen molar-refractivity contribution in [3.63, 3.8) is 0 Å².